The zero-order valence-corrected chi connectivity index (χ0v) is 12.3. The first-order chi connectivity index (χ1) is 9.68. The molecule has 1 atom stereocenters. The van der Waals surface area contributed by atoms with Crippen LogP contribution in [-0.4, -0.2) is 28.6 Å². The van der Waals surface area contributed by atoms with Crippen molar-refractivity contribution in [3.63, 3.8) is 0 Å². The highest BCUT2D eigenvalue weighted by molar-refractivity contribution is 7.80. The fourth-order valence-corrected chi connectivity index (χ4v) is 2.67. The summed E-state index contributed by atoms with van der Waals surface area (Å²) in [4.78, 5) is 14.3. The number of ether oxygens (including phenoxy) is 1. The third-order valence-corrected chi connectivity index (χ3v) is 3.79. The molecule has 1 saturated heterocycles. The second-order valence-corrected chi connectivity index (χ2v) is 5.47. The van der Waals surface area contributed by atoms with Crippen LogP contribution in [-0.2, 0) is 11.3 Å². The number of benzene rings is 1. The molecule has 0 aliphatic carbocycles. The van der Waals surface area contributed by atoms with E-state index in [1.165, 1.54) is 0 Å². The van der Waals surface area contributed by atoms with E-state index in [2.05, 4.69) is 0 Å². The minimum absolute atomic E-state index is 0.171. The van der Waals surface area contributed by atoms with Gasteiger partial charge < -0.3 is 10.5 Å². The average molecular weight is 292 g/mol. The van der Waals surface area contributed by atoms with Crippen LogP contribution in [0.3, 0.4) is 0 Å². The Hall–Kier alpha value is -1.62. The molecule has 1 amide bonds. The van der Waals surface area contributed by atoms with E-state index in [1.807, 2.05) is 30.3 Å². The Labute approximate surface area is 124 Å². The smallest absolute Gasteiger partial charge is 0.410 e. The van der Waals surface area contributed by atoms with Crippen LogP contribution in [0.2, 0.25) is 0 Å². The first-order valence-electron chi connectivity index (χ1n) is 6.95. The summed E-state index contributed by atoms with van der Waals surface area (Å²) in [7, 11) is 0. The molecule has 1 heterocycles. The van der Waals surface area contributed by atoms with E-state index in [4.69, 9.17) is 22.7 Å². The second-order valence-electron chi connectivity index (χ2n) is 5.00. The second kappa shape index (κ2) is 7.24. The Morgan fingerprint density at radius 2 is 2.05 bits per heavy atom. The van der Waals surface area contributed by atoms with Crippen LogP contribution in [0.25, 0.3) is 0 Å². The van der Waals surface area contributed by atoms with Crippen LogP contribution in [0.1, 0.15) is 31.2 Å². The highest BCUT2D eigenvalue weighted by Gasteiger charge is 2.28. The van der Waals surface area contributed by atoms with Gasteiger partial charge in [-0.3, -0.25) is 4.90 Å². The van der Waals surface area contributed by atoms with Crippen molar-refractivity contribution in [2.75, 3.05) is 6.54 Å². The lowest BCUT2D eigenvalue weighted by Gasteiger charge is -2.28. The molecule has 5 heteroatoms. The quantitative estimate of drug-likeness (QED) is 0.870. The number of likely N-dealkylation sites (tertiary alicyclic amines) is 1. The maximum atomic E-state index is 12.2. The minimum atomic E-state index is -0.325. The summed E-state index contributed by atoms with van der Waals surface area (Å²) in [5.74, 6) is 0. The summed E-state index contributed by atoms with van der Waals surface area (Å²) in [6.07, 6.45) is 3.62. The Morgan fingerprint density at radius 3 is 2.75 bits per heavy atom. The van der Waals surface area contributed by atoms with E-state index in [-0.39, 0.29) is 18.7 Å². The lowest BCUT2D eigenvalue weighted by Crippen LogP contribution is -2.46. The summed E-state index contributed by atoms with van der Waals surface area (Å²) < 4.78 is 5.38. The predicted molar refractivity (Wildman–Crippen MR) is 82.4 cm³/mol. The van der Waals surface area contributed by atoms with Crippen molar-refractivity contribution < 1.29 is 9.53 Å². The molecule has 0 spiro atoms. The zero-order valence-electron chi connectivity index (χ0n) is 11.5. The van der Waals surface area contributed by atoms with Gasteiger partial charge in [0.05, 0.1) is 11.0 Å². The third-order valence-electron chi connectivity index (χ3n) is 3.52. The molecule has 2 rings (SSSR count). The van der Waals surface area contributed by atoms with Gasteiger partial charge >= 0.3 is 6.09 Å². The zero-order chi connectivity index (χ0) is 14.4. The van der Waals surface area contributed by atoms with E-state index in [0.29, 0.717) is 11.5 Å². The van der Waals surface area contributed by atoms with Crippen molar-refractivity contribution in [1.82, 2.24) is 4.90 Å². The molecule has 20 heavy (non-hydrogen) atoms. The molecule has 1 aromatic carbocycles. The Balaban J connectivity index is 1.96. The molecular formula is C15H20N2O2S. The molecule has 1 aromatic rings. The van der Waals surface area contributed by atoms with Gasteiger partial charge in [-0.2, -0.15) is 0 Å². The van der Waals surface area contributed by atoms with Gasteiger partial charge in [-0.25, -0.2) is 4.79 Å². The standard InChI is InChI=1S/C15H20N2O2S/c16-14(20)13-9-5-2-6-10-17(13)15(18)19-11-12-7-3-1-4-8-12/h1,3-4,7-8,13H,2,5-6,9-11H2,(H2,16,20). The van der Waals surface area contributed by atoms with Crippen molar-refractivity contribution in [3.8, 4) is 0 Å². The van der Waals surface area contributed by atoms with Crippen molar-refractivity contribution >= 4 is 23.3 Å². The van der Waals surface area contributed by atoms with E-state index in [1.54, 1.807) is 4.90 Å². The van der Waals surface area contributed by atoms with E-state index >= 15 is 0 Å². The van der Waals surface area contributed by atoms with E-state index in [9.17, 15) is 4.79 Å². The molecule has 0 bridgehead atoms. The van der Waals surface area contributed by atoms with Gasteiger partial charge in [-0.1, -0.05) is 55.4 Å². The molecule has 2 N–H and O–H groups in total. The van der Waals surface area contributed by atoms with Crippen molar-refractivity contribution in [1.29, 1.82) is 0 Å². The van der Waals surface area contributed by atoms with Crippen molar-refractivity contribution in [2.24, 2.45) is 5.73 Å². The van der Waals surface area contributed by atoms with Gasteiger partial charge in [0.1, 0.15) is 6.61 Å². The monoisotopic (exact) mass is 292 g/mol. The summed E-state index contributed by atoms with van der Waals surface area (Å²) in [5, 5.41) is 0. The van der Waals surface area contributed by atoms with Crippen molar-refractivity contribution in [3.05, 3.63) is 35.9 Å². The first kappa shape index (κ1) is 14.8. The number of carbonyl (C=O) groups excluding carboxylic acids is 1. The van der Waals surface area contributed by atoms with Gasteiger partial charge in [-0.05, 0) is 18.4 Å². The summed E-state index contributed by atoms with van der Waals surface area (Å²) in [6.45, 7) is 0.940. The van der Waals surface area contributed by atoms with Crippen LogP contribution in [0.4, 0.5) is 4.79 Å². The normalized spacial score (nSPS) is 19.2. The van der Waals surface area contributed by atoms with E-state index < -0.39 is 0 Å². The lowest BCUT2D eigenvalue weighted by molar-refractivity contribution is 0.0909. The van der Waals surface area contributed by atoms with Gasteiger partial charge in [0.15, 0.2) is 0 Å². The number of amides is 1. The maximum Gasteiger partial charge on any atom is 0.410 e. The van der Waals surface area contributed by atoms with Crippen LogP contribution in [0.5, 0.6) is 0 Å². The molecule has 0 saturated carbocycles. The molecular weight excluding hydrogens is 272 g/mol. The highest BCUT2D eigenvalue weighted by atomic mass is 32.1. The summed E-state index contributed by atoms with van der Waals surface area (Å²) in [5.41, 5.74) is 6.73. The van der Waals surface area contributed by atoms with Crippen LogP contribution in [0.15, 0.2) is 30.3 Å². The van der Waals surface area contributed by atoms with Crippen molar-refractivity contribution in [2.45, 2.75) is 38.3 Å². The Bertz CT molecular complexity index is 464. The highest BCUT2D eigenvalue weighted by Crippen LogP contribution is 2.18. The fourth-order valence-electron chi connectivity index (χ4n) is 2.42. The van der Waals surface area contributed by atoms with Gasteiger partial charge in [0, 0.05) is 6.54 Å². The van der Waals surface area contributed by atoms with Crippen LogP contribution >= 0.6 is 12.2 Å². The molecule has 108 valence electrons. The molecule has 4 nitrogen and oxygen atoms in total. The Morgan fingerprint density at radius 1 is 1.30 bits per heavy atom. The molecule has 1 fully saturated rings. The van der Waals surface area contributed by atoms with Gasteiger partial charge in [0.25, 0.3) is 0 Å². The first-order valence-corrected chi connectivity index (χ1v) is 7.36. The number of nitrogens with zero attached hydrogens (tertiary/aromatic N) is 1. The summed E-state index contributed by atoms with van der Waals surface area (Å²) >= 11 is 5.08. The largest absolute Gasteiger partial charge is 0.445 e. The number of carbonyl (C=O) groups is 1. The molecule has 0 aromatic heterocycles. The number of rotatable bonds is 3. The average Bonchev–Trinajstić information content (AvgIpc) is 2.71. The number of thiocarbonyl (C=S) groups is 1. The van der Waals surface area contributed by atoms with E-state index in [0.717, 1.165) is 31.2 Å². The minimum Gasteiger partial charge on any atom is -0.445 e. The van der Waals surface area contributed by atoms with Crippen LogP contribution < -0.4 is 5.73 Å². The predicted octanol–water partition coefficient (Wildman–Crippen LogP) is 2.85. The molecule has 1 aliphatic rings. The fraction of sp³-hybridized carbons (Fsp3) is 0.467. The topological polar surface area (TPSA) is 55.6 Å². The maximum absolute atomic E-state index is 12.2. The molecule has 1 unspecified atom stereocenters. The molecule has 1 aliphatic heterocycles. The van der Waals surface area contributed by atoms with Crippen LogP contribution in [0, 0.1) is 0 Å². The third kappa shape index (κ3) is 3.93. The van der Waals surface area contributed by atoms with Gasteiger partial charge in [-0.15, -0.1) is 0 Å². The number of hydrogen-bond acceptors (Lipinski definition) is 3. The Kier molecular flexibility index (Phi) is 5.35. The molecule has 0 radical (unpaired) electrons. The lowest BCUT2D eigenvalue weighted by atomic mass is 10.1. The number of nitrogens with two attached hydrogens (primary N) is 1. The SMILES string of the molecule is NC(=S)C1CCCCCN1C(=O)OCc1ccccc1. The summed E-state index contributed by atoms with van der Waals surface area (Å²) in [6, 6.07) is 9.47. The van der Waals surface area contributed by atoms with Gasteiger partial charge in [0.2, 0.25) is 0 Å². The number of hydrogen-bond donors (Lipinski definition) is 1.